The summed E-state index contributed by atoms with van der Waals surface area (Å²) in [5.41, 5.74) is 3.57. The molecule has 36 heavy (non-hydrogen) atoms. The lowest BCUT2D eigenvalue weighted by atomic mass is 9.52. The van der Waals surface area contributed by atoms with Crippen LogP contribution in [0.2, 0.25) is 0 Å². The zero-order valence-electron chi connectivity index (χ0n) is 20.6. The van der Waals surface area contributed by atoms with Crippen LogP contribution in [0.1, 0.15) is 27.9 Å². The molecule has 0 radical (unpaired) electrons. The van der Waals surface area contributed by atoms with Crippen molar-refractivity contribution in [1.29, 1.82) is 0 Å². The lowest BCUT2D eigenvalue weighted by Crippen LogP contribution is -2.74. The Morgan fingerprint density at radius 3 is 2.39 bits per heavy atom. The molecule has 10 nitrogen and oxygen atoms in total. The second-order valence-corrected chi connectivity index (χ2v) is 10.3. The predicted molar refractivity (Wildman–Crippen MR) is 127 cm³/mol. The molecule has 0 spiro atoms. The van der Waals surface area contributed by atoms with Crippen molar-refractivity contribution < 1.29 is 34.2 Å². The number of amides is 1. The molecule has 1 aromatic carbocycles. The Bertz CT molecular complexity index is 1260. The molecule has 0 aliphatic heterocycles. The van der Waals surface area contributed by atoms with Crippen LogP contribution in [0, 0.1) is 35.5 Å². The minimum atomic E-state index is -2.73. The Balaban J connectivity index is 1.84. The number of primary amides is 1. The molecule has 6 atom stereocenters. The van der Waals surface area contributed by atoms with Crippen molar-refractivity contribution in [3.05, 3.63) is 28.8 Å². The van der Waals surface area contributed by atoms with Crippen LogP contribution in [0.5, 0.6) is 5.75 Å². The number of hydrogen-bond acceptors (Lipinski definition) is 9. The van der Waals surface area contributed by atoms with Crippen LogP contribution in [0.4, 0.5) is 0 Å². The number of phenolic OH excluding ortho intramolecular Hbond substituents is 1. The first-order valence-corrected chi connectivity index (χ1v) is 11.6. The third-order valence-electron chi connectivity index (χ3n) is 7.56. The van der Waals surface area contributed by atoms with E-state index in [4.69, 9.17) is 5.73 Å². The number of benzene rings is 1. The zero-order chi connectivity index (χ0) is 26.7. The Kier molecular flexibility index (Phi) is 6.37. The highest BCUT2D eigenvalue weighted by molar-refractivity contribution is 6.32. The summed E-state index contributed by atoms with van der Waals surface area (Å²) in [6.45, 7) is 0.471. The molecule has 3 aliphatic rings. The normalized spacial score (nSPS) is 31.5. The number of fused-ring (bicyclic) bond motifs is 3. The van der Waals surface area contributed by atoms with E-state index in [0.717, 1.165) is 0 Å². The van der Waals surface area contributed by atoms with E-state index in [1.165, 1.54) is 11.0 Å². The van der Waals surface area contributed by atoms with Gasteiger partial charge in [0.15, 0.2) is 34.7 Å². The summed E-state index contributed by atoms with van der Waals surface area (Å²) in [5, 5.41) is 22.1. The van der Waals surface area contributed by atoms with Gasteiger partial charge < -0.3 is 15.9 Å². The van der Waals surface area contributed by atoms with E-state index in [-0.39, 0.29) is 24.2 Å². The van der Waals surface area contributed by atoms with Crippen LogP contribution in [0.3, 0.4) is 0 Å². The van der Waals surface area contributed by atoms with Gasteiger partial charge in [-0.3, -0.25) is 33.8 Å². The van der Waals surface area contributed by atoms with Gasteiger partial charge in [0.2, 0.25) is 5.91 Å². The van der Waals surface area contributed by atoms with Gasteiger partial charge in [-0.05, 0) is 64.6 Å². The van der Waals surface area contributed by atoms with Crippen LogP contribution in [0.15, 0.2) is 12.1 Å². The van der Waals surface area contributed by atoms with Crippen molar-refractivity contribution in [3.63, 3.8) is 0 Å². The number of phenols is 1. The molecular formula is C26H29N3O7. The second kappa shape index (κ2) is 8.92. The van der Waals surface area contributed by atoms with E-state index < -0.39 is 64.4 Å². The molecule has 4 unspecified atom stereocenters. The Labute approximate surface area is 208 Å². The summed E-state index contributed by atoms with van der Waals surface area (Å²) in [6.07, 6.45) is 0.191. The highest BCUT2D eigenvalue weighted by atomic mass is 16.3. The zero-order valence-corrected chi connectivity index (χ0v) is 20.6. The van der Waals surface area contributed by atoms with E-state index in [1.54, 1.807) is 20.2 Å². The van der Waals surface area contributed by atoms with Crippen LogP contribution in [0.25, 0.3) is 0 Å². The Hall–Kier alpha value is -3.39. The number of nitrogens with two attached hydrogens (primary N) is 1. The minimum absolute atomic E-state index is 0.00409. The molecule has 0 heterocycles. The number of aromatic hydroxyl groups is 1. The first-order valence-electron chi connectivity index (χ1n) is 11.6. The molecule has 1 amide bonds. The van der Waals surface area contributed by atoms with Crippen LogP contribution >= 0.6 is 0 Å². The van der Waals surface area contributed by atoms with Gasteiger partial charge in [0.05, 0.1) is 24.1 Å². The molecular weight excluding hydrogens is 466 g/mol. The molecule has 4 rings (SSSR count). The molecule has 3 aliphatic carbocycles. The predicted octanol–water partition coefficient (Wildman–Crippen LogP) is -1.22. The molecule has 10 heteroatoms. The lowest BCUT2D eigenvalue weighted by molar-refractivity contribution is -0.181. The molecule has 2 fully saturated rings. The topological polar surface area (TPSA) is 158 Å². The number of likely N-dealkylation sites (N-methyl/N-ethyl adjacent to an activating group) is 1. The average molecular weight is 496 g/mol. The quantitative estimate of drug-likeness (QED) is 0.345. The van der Waals surface area contributed by atoms with Gasteiger partial charge in [-0.25, -0.2) is 0 Å². The summed E-state index contributed by atoms with van der Waals surface area (Å²) in [4.78, 5) is 69.0. The Morgan fingerprint density at radius 2 is 1.81 bits per heavy atom. The van der Waals surface area contributed by atoms with Gasteiger partial charge >= 0.3 is 0 Å². The summed E-state index contributed by atoms with van der Waals surface area (Å²) in [6, 6.07) is 1.81. The van der Waals surface area contributed by atoms with Crippen molar-refractivity contribution in [2.75, 3.05) is 34.7 Å². The number of carbonyl (C=O) groups is 5. The summed E-state index contributed by atoms with van der Waals surface area (Å²) < 4.78 is 0. The number of ketones is 4. The van der Waals surface area contributed by atoms with Crippen molar-refractivity contribution >= 4 is 29.0 Å². The molecule has 4 N–H and O–H groups in total. The summed E-state index contributed by atoms with van der Waals surface area (Å²) in [5.74, 6) is -4.56. The van der Waals surface area contributed by atoms with Gasteiger partial charge in [0, 0.05) is 11.5 Å². The van der Waals surface area contributed by atoms with Crippen LogP contribution < -0.4 is 5.73 Å². The third kappa shape index (κ3) is 3.66. The molecule has 2 saturated carbocycles. The molecule has 0 saturated heterocycles. The highest BCUT2D eigenvalue weighted by Crippen LogP contribution is 2.50. The fourth-order valence-corrected chi connectivity index (χ4v) is 6.01. The molecule has 0 bridgehead atoms. The fourth-order valence-electron chi connectivity index (χ4n) is 6.01. The van der Waals surface area contributed by atoms with E-state index >= 15 is 0 Å². The first-order chi connectivity index (χ1) is 16.8. The van der Waals surface area contributed by atoms with Crippen molar-refractivity contribution in [3.8, 4) is 17.6 Å². The van der Waals surface area contributed by atoms with Gasteiger partial charge in [0.25, 0.3) is 0 Å². The lowest BCUT2D eigenvalue weighted by Gasteiger charge is -2.52. The number of rotatable bonds is 3. The maximum Gasteiger partial charge on any atom is 0.235 e. The average Bonchev–Trinajstić information content (AvgIpc) is 2.77. The summed E-state index contributed by atoms with van der Waals surface area (Å²) >= 11 is 0. The van der Waals surface area contributed by atoms with Gasteiger partial charge in [-0.1, -0.05) is 11.8 Å². The molecule has 1 aromatic rings. The standard InChI is InChI=1S/C26H29N3O7/c1-28(2)9-5-6-12-7-8-16(30)18-14(12)10-13-11-15-20(29(3)4)22(32)19(25(27)35)24(34)26(15,36)23(33)17(13)21(18)31/h7-8,13,15,17,19-20,30,36H,9-11H2,1-4H3,(H2,27,35)/t13?,15?,17?,19?,20-,26-/m0/s1. The minimum Gasteiger partial charge on any atom is -0.507 e. The van der Waals surface area contributed by atoms with Crippen LogP contribution in [-0.2, 0) is 25.6 Å². The van der Waals surface area contributed by atoms with E-state index in [9.17, 15) is 34.2 Å². The van der Waals surface area contributed by atoms with Gasteiger partial charge in [0.1, 0.15) is 5.75 Å². The van der Waals surface area contributed by atoms with Crippen molar-refractivity contribution in [2.24, 2.45) is 29.4 Å². The maximum absolute atomic E-state index is 13.7. The Morgan fingerprint density at radius 1 is 1.14 bits per heavy atom. The number of aliphatic hydroxyl groups is 1. The maximum atomic E-state index is 13.7. The third-order valence-corrected chi connectivity index (χ3v) is 7.56. The number of hydrogen-bond donors (Lipinski definition) is 3. The number of carbonyl (C=O) groups excluding carboxylic acids is 5. The van der Waals surface area contributed by atoms with Crippen molar-refractivity contribution in [1.82, 2.24) is 9.80 Å². The number of Topliss-reactive ketones (excluding diaryl/α,β-unsaturated/α-hetero) is 4. The SMILES string of the molecule is CN(C)CC#Cc1ccc(O)c2c1CC1CC3[C@H](N(C)C)C(=O)C(C(N)=O)C(=O)[C@@]3(O)C(=O)C1C2=O. The van der Waals surface area contributed by atoms with E-state index in [2.05, 4.69) is 11.8 Å². The fraction of sp³-hybridized carbons (Fsp3) is 0.500. The monoisotopic (exact) mass is 495 g/mol. The van der Waals surface area contributed by atoms with Gasteiger partial charge in [-0.2, -0.15) is 0 Å². The molecule has 190 valence electrons. The highest BCUT2D eigenvalue weighted by Gasteiger charge is 2.69. The van der Waals surface area contributed by atoms with Gasteiger partial charge in [-0.15, -0.1) is 0 Å². The second-order valence-electron chi connectivity index (χ2n) is 10.3. The smallest absolute Gasteiger partial charge is 0.235 e. The van der Waals surface area contributed by atoms with Crippen LogP contribution in [-0.4, -0.2) is 95.4 Å². The van der Waals surface area contributed by atoms with E-state index in [1.807, 2.05) is 19.0 Å². The molecule has 0 aromatic heterocycles. The number of nitrogens with zero attached hydrogens (tertiary/aromatic N) is 2. The summed E-state index contributed by atoms with van der Waals surface area (Å²) in [7, 11) is 6.82. The van der Waals surface area contributed by atoms with E-state index in [0.29, 0.717) is 17.7 Å². The largest absolute Gasteiger partial charge is 0.507 e. The van der Waals surface area contributed by atoms with Crippen molar-refractivity contribution in [2.45, 2.75) is 24.5 Å². The first kappa shape index (κ1) is 25.7.